The molecule has 0 bridgehead atoms. The summed E-state index contributed by atoms with van der Waals surface area (Å²) in [5.74, 6) is 0.931. The number of fused-ring (bicyclic) bond motifs is 1. The van der Waals surface area contributed by atoms with Crippen molar-refractivity contribution in [3.63, 3.8) is 0 Å². The number of hydrogen-bond acceptors (Lipinski definition) is 4. The summed E-state index contributed by atoms with van der Waals surface area (Å²) in [6, 6.07) is 10.5. The van der Waals surface area contributed by atoms with Crippen LogP contribution < -0.4 is 10.1 Å². The zero-order chi connectivity index (χ0) is 21.8. The van der Waals surface area contributed by atoms with Crippen molar-refractivity contribution in [1.82, 2.24) is 15.2 Å². The maximum Gasteiger partial charge on any atom is 0.272 e. The second-order valence-corrected chi connectivity index (χ2v) is 8.46. The first-order valence-electron chi connectivity index (χ1n) is 11.6. The lowest BCUT2D eigenvalue weighted by Crippen LogP contribution is -2.46. The average molecular weight is 420 g/mol. The number of benzene rings is 1. The van der Waals surface area contributed by atoms with Crippen molar-refractivity contribution in [3.8, 4) is 5.75 Å². The molecule has 0 radical (unpaired) electrons. The number of amides is 1. The maximum atomic E-state index is 12.7. The molecule has 0 saturated carbocycles. The van der Waals surface area contributed by atoms with Crippen molar-refractivity contribution in [2.45, 2.75) is 52.1 Å². The quantitative estimate of drug-likeness (QED) is 0.751. The van der Waals surface area contributed by atoms with Gasteiger partial charge in [-0.2, -0.15) is 0 Å². The molecule has 1 amide bonds. The van der Waals surface area contributed by atoms with Gasteiger partial charge in [0.25, 0.3) is 5.91 Å². The van der Waals surface area contributed by atoms with Crippen LogP contribution in [-0.4, -0.2) is 47.6 Å². The van der Waals surface area contributed by atoms with Crippen molar-refractivity contribution in [3.05, 3.63) is 65.0 Å². The number of piperidine rings is 1. The van der Waals surface area contributed by atoms with Gasteiger partial charge >= 0.3 is 0 Å². The zero-order valence-corrected chi connectivity index (χ0v) is 18.9. The minimum Gasteiger partial charge on any atom is -0.482 e. The summed E-state index contributed by atoms with van der Waals surface area (Å²) >= 11 is 0. The molecule has 1 fully saturated rings. The fourth-order valence-corrected chi connectivity index (χ4v) is 4.60. The second-order valence-electron chi connectivity index (χ2n) is 8.46. The summed E-state index contributed by atoms with van der Waals surface area (Å²) in [6.07, 6.45) is 8.19. The van der Waals surface area contributed by atoms with Gasteiger partial charge in [0.15, 0.2) is 0 Å². The fourth-order valence-electron chi connectivity index (χ4n) is 4.60. The Morgan fingerprint density at radius 2 is 1.90 bits per heavy atom. The highest BCUT2D eigenvalue weighted by molar-refractivity contribution is 5.93. The van der Waals surface area contributed by atoms with Crippen molar-refractivity contribution < 1.29 is 9.53 Å². The zero-order valence-electron chi connectivity index (χ0n) is 18.9. The Labute approximate surface area is 185 Å². The summed E-state index contributed by atoms with van der Waals surface area (Å²) in [7, 11) is 0. The molecule has 2 aliphatic heterocycles. The van der Waals surface area contributed by atoms with Gasteiger partial charge in [-0.3, -0.25) is 9.78 Å². The lowest BCUT2D eigenvalue weighted by Gasteiger charge is -2.40. The number of aryl methyl sites for hydroxylation is 1. The van der Waals surface area contributed by atoms with Gasteiger partial charge in [0.1, 0.15) is 17.0 Å². The molecule has 0 aliphatic carbocycles. The maximum absolute atomic E-state index is 12.7. The topological polar surface area (TPSA) is 54.5 Å². The highest BCUT2D eigenvalue weighted by Crippen LogP contribution is 2.43. The molecule has 2 aromatic rings. The predicted molar refractivity (Wildman–Crippen MR) is 124 cm³/mol. The van der Waals surface area contributed by atoms with E-state index in [4.69, 9.17) is 4.74 Å². The molecular formula is C26H33N3O2. The summed E-state index contributed by atoms with van der Waals surface area (Å²) in [4.78, 5) is 19.0. The minimum absolute atomic E-state index is 0.0158. The third-order valence-electron chi connectivity index (χ3n) is 6.39. The minimum atomic E-state index is -0.282. The van der Waals surface area contributed by atoms with Crippen LogP contribution in [0.1, 0.15) is 67.2 Å². The number of hydrogen-bond donors (Lipinski definition) is 1. The van der Waals surface area contributed by atoms with Crippen molar-refractivity contribution in [2.75, 3.05) is 26.2 Å². The summed E-state index contributed by atoms with van der Waals surface area (Å²) in [5.41, 5.74) is 4.85. The number of pyridine rings is 1. The van der Waals surface area contributed by atoms with E-state index in [1.165, 1.54) is 5.56 Å². The molecule has 1 aromatic heterocycles. The van der Waals surface area contributed by atoms with Crippen LogP contribution in [-0.2, 0) is 6.42 Å². The molecule has 5 heteroatoms. The number of nitrogens with one attached hydrogen (secondary N) is 1. The first-order valence-corrected chi connectivity index (χ1v) is 11.6. The number of nitrogens with zero attached hydrogens (tertiary/aromatic N) is 2. The Morgan fingerprint density at radius 1 is 1.13 bits per heavy atom. The van der Waals surface area contributed by atoms with Gasteiger partial charge in [-0.1, -0.05) is 25.5 Å². The van der Waals surface area contributed by atoms with Gasteiger partial charge in [0.2, 0.25) is 0 Å². The van der Waals surface area contributed by atoms with E-state index in [1.54, 1.807) is 4.90 Å². The van der Waals surface area contributed by atoms with Crippen LogP contribution in [0.5, 0.6) is 5.75 Å². The fraction of sp³-hybridized carbons (Fsp3) is 0.462. The van der Waals surface area contributed by atoms with Crippen LogP contribution in [0.4, 0.5) is 0 Å². The first kappa shape index (κ1) is 21.6. The van der Waals surface area contributed by atoms with E-state index < -0.39 is 0 Å². The van der Waals surface area contributed by atoms with Gasteiger partial charge in [0, 0.05) is 43.3 Å². The van der Waals surface area contributed by atoms with E-state index in [-0.39, 0.29) is 11.5 Å². The van der Waals surface area contributed by atoms with Gasteiger partial charge < -0.3 is 15.0 Å². The molecule has 31 heavy (non-hydrogen) atoms. The third kappa shape index (κ3) is 4.38. The molecule has 1 saturated heterocycles. The van der Waals surface area contributed by atoms with Gasteiger partial charge in [-0.25, -0.2) is 0 Å². The van der Waals surface area contributed by atoms with E-state index in [0.717, 1.165) is 61.2 Å². The van der Waals surface area contributed by atoms with E-state index >= 15 is 0 Å². The van der Waals surface area contributed by atoms with Gasteiger partial charge in [-0.05, 0) is 68.8 Å². The number of aromatic nitrogens is 1. The van der Waals surface area contributed by atoms with Crippen LogP contribution in [0, 0.1) is 0 Å². The Balaban J connectivity index is 1.73. The number of carbonyl (C=O) groups excluding carboxylic acids is 1. The Morgan fingerprint density at radius 3 is 2.55 bits per heavy atom. The molecule has 1 N–H and O–H groups in total. The first-order chi connectivity index (χ1) is 15.1. The molecule has 1 aromatic carbocycles. The Kier molecular flexibility index (Phi) is 6.42. The lowest BCUT2D eigenvalue weighted by atomic mass is 9.83. The number of rotatable bonds is 6. The monoisotopic (exact) mass is 419 g/mol. The molecular weight excluding hydrogens is 386 g/mol. The van der Waals surface area contributed by atoms with Gasteiger partial charge in [-0.15, -0.1) is 0 Å². The molecule has 0 atom stereocenters. The molecule has 0 unspecified atom stereocenters. The third-order valence-corrected chi connectivity index (χ3v) is 6.39. The molecule has 5 nitrogen and oxygen atoms in total. The normalized spacial score (nSPS) is 16.9. The highest BCUT2D eigenvalue weighted by atomic mass is 16.5. The molecule has 2 aliphatic rings. The van der Waals surface area contributed by atoms with Crippen LogP contribution >= 0.6 is 0 Å². The van der Waals surface area contributed by atoms with Gasteiger partial charge in [0.05, 0.1) is 0 Å². The number of ether oxygens (including phenoxy) is 1. The smallest absolute Gasteiger partial charge is 0.272 e. The second kappa shape index (κ2) is 9.23. The van der Waals surface area contributed by atoms with E-state index in [1.807, 2.05) is 32.2 Å². The van der Waals surface area contributed by atoms with Crippen molar-refractivity contribution >= 4 is 11.5 Å². The van der Waals surface area contributed by atoms with Crippen LogP contribution in [0.15, 0.2) is 42.6 Å². The molecule has 1 spiro atoms. The van der Waals surface area contributed by atoms with Crippen LogP contribution in [0.2, 0.25) is 0 Å². The molecule has 4 rings (SSSR count). The van der Waals surface area contributed by atoms with E-state index in [2.05, 4.69) is 41.5 Å². The molecule has 3 heterocycles. The summed E-state index contributed by atoms with van der Waals surface area (Å²) in [5, 5.41) is 3.44. The summed E-state index contributed by atoms with van der Waals surface area (Å²) < 4.78 is 6.57. The highest BCUT2D eigenvalue weighted by Gasteiger charge is 2.37. The van der Waals surface area contributed by atoms with E-state index in [0.29, 0.717) is 18.8 Å². The van der Waals surface area contributed by atoms with Crippen molar-refractivity contribution in [2.24, 2.45) is 0 Å². The largest absolute Gasteiger partial charge is 0.482 e. The van der Waals surface area contributed by atoms with Crippen molar-refractivity contribution in [1.29, 1.82) is 0 Å². The predicted octanol–water partition coefficient (Wildman–Crippen LogP) is 4.46. The Hall–Kier alpha value is -2.66. The summed E-state index contributed by atoms with van der Waals surface area (Å²) in [6.45, 7) is 9.45. The lowest BCUT2D eigenvalue weighted by molar-refractivity contribution is 0.0766. The SMILES string of the molecule is CCCc1ccc2c(c1)C(c1ccc(C(=O)N(CC)CC)nc1)=CC1(CCNCC1)O2. The average Bonchev–Trinajstić information content (AvgIpc) is 2.80. The number of carbonyl (C=O) groups is 1. The Bertz CT molecular complexity index is 955. The van der Waals surface area contributed by atoms with E-state index in [9.17, 15) is 4.79 Å². The van der Waals surface area contributed by atoms with Crippen LogP contribution in [0.3, 0.4) is 0 Å². The van der Waals surface area contributed by atoms with Crippen LogP contribution in [0.25, 0.3) is 5.57 Å². The molecule has 164 valence electrons. The standard InChI is InChI=1S/C26H33N3O2/c1-4-7-19-8-11-24-21(16-19)22(17-26(31-24)12-14-27-15-13-26)20-9-10-23(28-18-20)25(30)29(5-2)6-3/h8-11,16-18,27H,4-7,12-15H2,1-3H3.